The molecule has 0 atom stereocenters. The first-order valence-electron chi connectivity index (χ1n) is 5.97. The van der Waals surface area contributed by atoms with Crippen LogP contribution in [0.3, 0.4) is 0 Å². The van der Waals surface area contributed by atoms with E-state index in [-0.39, 0.29) is 5.82 Å². The summed E-state index contributed by atoms with van der Waals surface area (Å²) in [4.78, 5) is 0. The molecule has 0 aliphatic carbocycles. The average molecular weight is 265 g/mol. The van der Waals surface area contributed by atoms with E-state index in [0.717, 1.165) is 18.0 Å². The van der Waals surface area contributed by atoms with Gasteiger partial charge < -0.3 is 5.32 Å². The van der Waals surface area contributed by atoms with Gasteiger partial charge in [-0.15, -0.1) is 10.2 Å². The van der Waals surface area contributed by atoms with Crippen LogP contribution < -0.4 is 5.32 Å². The summed E-state index contributed by atoms with van der Waals surface area (Å²) >= 11 is 1.45. The SMILES string of the molecule is CC(C)NCCc1nnc(-c2ccccc2F)s1. The van der Waals surface area contributed by atoms with Gasteiger partial charge in [0.15, 0.2) is 5.01 Å². The molecule has 0 fully saturated rings. The van der Waals surface area contributed by atoms with Gasteiger partial charge >= 0.3 is 0 Å². The predicted molar refractivity (Wildman–Crippen MR) is 72.1 cm³/mol. The van der Waals surface area contributed by atoms with Crippen LogP contribution in [0.15, 0.2) is 24.3 Å². The third kappa shape index (κ3) is 3.34. The molecule has 5 heteroatoms. The molecule has 0 saturated carbocycles. The highest BCUT2D eigenvalue weighted by Crippen LogP contribution is 2.25. The third-order valence-electron chi connectivity index (χ3n) is 2.46. The van der Waals surface area contributed by atoms with Gasteiger partial charge in [0.05, 0.1) is 0 Å². The van der Waals surface area contributed by atoms with E-state index in [9.17, 15) is 4.39 Å². The predicted octanol–water partition coefficient (Wildman–Crippen LogP) is 2.88. The van der Waals surface area contributed by atoms with Crippen molar-refractivity contribution in [1.82, 2.24) is 15.5 Å². The molecule has 0 amide bonds. The molecule has 1 heterocycles. The van der Waals surface area contributed by atoms with Crippen LogP contribution in [0.4, 0.5) is 4.39 Å². The van der Waals surface area contributed by atoms with Crippen molar-refractivity contribution in [3.05, 3.63) is 35.1 Å². The molecule has 18 heavy (non-hydrogen) atoms. The van der Waals surface area contributed by atoms with E-state index in [1.54, 1.807) is 18.2 Å². The Hall–Kier alpha value is -1.33. The Morgan fingerprint density at radius 3 is 2.78 bits per heavy atom. The van der Waals surface area contributed by atoms with Gasteiger partial charge in [0, 0.05) is 24.6 Å². The quantitative estimate of drug-likeness (QED) is 0.903. The van der Waals surface area contributed by atoms with Gasteiger partial charge in [-0.2, -0.15) is 0 Å². The van der Waals surface area contributed by atoms with Crippen molar-refractivity contribution >= 4 is 11.3 Å². The number of nitrogens with one attached hydrogen (secondary N) is 1. The largest absolute Gasteiger partial charge is 0.314 e. The number of hydrogen-bond donors (Lipinski definition) is 1. The minimum absolute atomic E-state index is 0.250. The number of benzene rings is 1. The molecule has 96 valence electrons. The summed E-state index contributed by atoms with van der Waals surface area (Å²) in [6.07, 6.45) is 0.824. The van der Waals surface area contributed by atoms with Crippen LogP contribution in [0.25, 0.3) is 10.6 Å². The minimum Gasteiger partial charge on any atom is -0.314 e. The van der Waals surface area contributed by atoms with Crippen molar-refractivity contribution in [2.75, 3.05) is 6.54 Å². The van der Waals surface area contributed by atoms with Crippen molar-refractivity contribution in [2.24, 2.45) is 0 Å². The monoisotopic (exact) mass is 265 g/mol. The van der Waals surface area contributed by atoms with Crippen molar-refractivity contribution in [2.45, 2.75) is 26.3 Å². The molecule has 0 unspecified atom stereocenters. The molecule has 1 aromatic carbocycles. The Bertz CT molecular complexity index is 510. The molecular weight excluding hydrogens is 249 g/mol. The van der Waals surface area contributed by atoms with E-state index in [2.05, 4.69) is 29.4 Å². The van der Waals surface area contributed by atoms with E-state index >= 15 is 0 Å². The van der Waals surface area contributed by atoms with Crippen LogP contribution in [0.1, 0.15) is 18.9 Å². The Labute approximate surface area is 110 Å². The zero-order valence-electron chi connectivity index (χ0n) is 10.5. The van der Waals surface area contributed by atoms with Crippen LogP contribution in [-0.4, -0.2) is 22.8 Å². The fourth-order valence-electron chi connectivity index (χ4n) is 1.57. The average Bonchev–Trinajstić information content (AvgIpc) is 2.78. The molecule has 3 nitrogen and oxygen atoms in total. The summed E-state index contributed by atoms with van der Waals surface area (Å²) in [5, 5.41) is 13.0. The summed E-state index contributed by atoms with van der Waals surface area (Å²) in [5.41, 5.74) is 0.526. The zero-order valence-corrected chi connectivity index (χ0v) is 11.3. The molecule has 2 aromatic rings. The van der Waals surface area contributed by atoms with E-state index in [4.69, 9.17) is 0 Å². The molecule has 0 radical (unpaired) electrons. The fourth-order valence-corrected chi connectivity index (χ4v) is 2.43. The van der Waals surface area contributed by atoms with Crippen LogP contribution in [0.2, 0.25) is 0 Å². The topological polar surface area (TPSA) is 37.8 Å². The van der Waals surface area contributed by atoms with E-state index in [1.807, 2.05) is 0 Å². The second-order valence-corrected chi connectivity index (χ2v) is 5.40. The fraction of sp³-hybridized carbons (Fsp3) is 0.385. The molecule has 1 aromatic heterocycles. The maximum Gasteiger partial charge on any atom is 0.150 e. The molecular formula is C13H16FN3S. The van der Waals surface area contributed by atoms with Gasteiger partial charge in [-0.05, 0) is 12.1 Å². The Morgan fingerprint density at radius 1 is 1.28 bits per heavy atom. The van der Waals surface area contributed by atoms with Gasteiger partial charge in [-0.1, -0.05) is 37.3 Å². The van der Waals surface area contributed by atoms with Crippen molar-refractivity contribution in [3.8, 4) is 10.6 Å². The number of nitrogens with zero attached hydrogens (tertiary/aromatic N) is 2. The molecule has 2 rings (SSSR count). The maximum absolute atomic E-state index is 13.6. The molecule has 1 N–H and O–H groups in total. The third-order valence-corrected chi connectivity index (χ3v) is 3.48. The Kier molecular flexibility index (Phi) is 4.38. The minimum atomic E-state index is -0.250. The van der Waals surface area contributed by atoms with Gasteiger partial charge in [0.1, 0.15) is 10.8 Å². The number of hydrogen-bond acceptors (Lipinski definition) is 4. The first kappa shape index (κ1) is 13.1. The molecule has 0 spiro atoms. The van der Waals surface area contributed by atoms with Gasteiger partial charge in [0.25, 0.3) is 0 Å². The first-order chi connectivity index (χ1) is 8.66. The summed E-state index contributed by atoms with van der Waals surface area (Å²) in [7, 11) is 0. The normalized spacial score (nSPS) is 11.1. The lowest BCUT2D eigenvalue weighted by Crippen LogP contribution is -2.24. The lowest BCUT2D eigenvalue weighted by Gasteiger charge is -2.05. The van der Waals surface area contributed by atoms with Crippen LogP contribution in [0.5, 0.6) is 0 Å². The molecule has 0 aliphatic rings. The standard InChI is InChI=1S/C13H16FN3S/c1-9(2)15-8-7-12-16-17-13(18-12)10-5-3-4-6-11(10)14/h3-6,9,15H,7-8H2,1-2H3. The number of aromatic nitrogens is 2. The zero-order chi connectivity index (χ0) is 13.0. The molecule has 0 saturated heterocycles. The van der Waals surface area contributed by atoms with Gasteiger partial charge in [0.2, 0.25) is 0 Å². The molecule has 0 aliphatic heterocycles. The van der Waals surface area contributed by atoms with Gasteiger partial charge in [-0.3, -0.25) is 0 Å². The smallest absolute Gasteiger partial charge is 0.150 e. The highest BCUT2D eigenvalue weighted by Gasteiger charge is 2.10. The summed E-state index contributed by atoms with van der Waals surface area (Å²) in [6.45, 7) is 5.07. The highest BCUT2D eigenvalue weighted by molar-refractivity contribution is 7.14. The lowest BCUT2D eigenvalue weighted by atomic mass is 10.2. The molecule has 0 bridgehead atoms. The van der Waals surface area contributed by atoms with E-state index < -0.39 is 0 Å². The number of halogens is 1. The van der Waals surface area contributed by atoms with Crippen molar-refractivity contribution < 1.29 is 4.39 Å². The lowest BCUT2D eigenvalue weighted by molar-refractivity contribution is 0.588. The Balaban J connectivity index is 2.04. The van der Waals surface area contributed by atoms with Crippen molar-refractivity contribution in [3.63, 3.8) is 0 Å². The second-order valence-electron chi connectivity index (χ2n) is 4.34. The Morgan fingerprint density at radius 2 is 2.06 bits per heavy atom. The van der Waals surface area contributed by atoms with E-state index in [1.165, 1.54) is 17.4 Å². The van der Waals surface area contributed by atoms with Gasteiger partial charge in [-0.25, -0.2) is 4.39 Å². The van der Waals surface area contributed by atoms with Crippen LogP contribution in [0, 0.1) is 5.82 Å². The summed E-state index contributed by atoms with van der Waals surface area (Å²) in [5.74, 6) is -0.250. The van der Waals surface area contributed by atoms with Crippen molar-refractivity contribution in [1.29, 1.82) is 0 Å². The second kappa shape index (κ2) is 6.02. The highest BCUT2D eigenvalue weighted by atomic mass is 32.1. The van der Waals surface area contributed by atoms with Crippen LogP contribution in [-0.2, 0) is 6.42 Å². The van der Waals surface area contributed by atoms with E-state index in [0.29, 0.717) is 16.6 Å². The first-order valence-corrected chi connectivity index (χ1v) is 6.79. The summed E-state index contributed by atoms with van der Waals surface area (Å²) in [6, 6.07) is 7.11. The van der Waals surface area contributed by atoms with Crippen LogP contribution >= 0.6 is 11.3 Å². The summed E-state index contributed by atoms with van der Waals surface area (Å²) < 4.78 is 13.6. The maximum atomic E-state index is 13.6. The number of rotatable bonds is 5.